The van der Waals surface area contributed by atoms with Crippen LogP contribution in [0.25, 0.3) is 0 Å². The molecule has 1 saturated heterocycles. The van der Waals surface area contributed by atoms with E-state index >= 15 is 0 Å². The molecular weight excluding hydrogens is 190 g/mol. The second-order valence-corrected chi connectivity index (χ2v) is 5.13. The molecule has 0 aromatic heterocycles. The van der Waals surface area contributed by atoms with Crippen molar-refractivity contribution in [2.45, 2.75) is 57.4 Å². The number of rotatable bonds is 2. The molecule has 3 heteroatoms. The van der Waals surface area contributed by atoms with Crippen LogP contribution < -0.4 is 5.32 Å². The van der Waals surface area contributed by atoms with Gasteiger partial charge in [-0.3, -0.25) is 4.79 Å². The second-order valence-electron chi connectivity index (χ2n) is 5.13. The van der Waals surface area contributed by atoms with Gasteiger partial charge in [0.2, 0.25) is 0 Å². The van der Waals surface area contributed by atoms with Gasteiger partial charge in [-0.05, 0) is 37.6 Å². The molecule has 3 nitrogen and oxygen atoms in total. The maximum Gasteiger partial charge on any atom is 0.304 e. The van der Waals surface area contributed by atoms with Gasteiger partial charge < -0.3 is 10.4 Å². The van der Waals surface area contributed by atoms with E-state index in [4.69, 9.17) is 5.11 Å². The fourth-order valence-electron chi connectivity index (χ4n) is 3.43. The number of aliphatic carboxylic acids is 1. The predicted molar refractivity (Wildman–Crippen MR) is 58.8 cm³/mol. The molecule has 2 rings (SSSR count). The molecule has 2 aliphatic rings. The number of nitrogens with one attached hydrogen (secondary N) is 1. The lowest BCUT2D eigenvalue weighted by molar-refractivity contribution is -0.139. The Morgan fingerprint density at radius 1 is 1.20 bits per heavy atom. The molecule has 1 aliphatic carbocycles. The van der Waals surface area contributed by atoms with Gasteiger partial charge >= 0.3 is 5.97 Å². The first-order chi connectivity index (χ1) is 7.23. The Balaban J connectivity index is 2.06. The molecule has 0 aromatic carbocycles. The number of carbonyl (C=O) groups is 1. The first-order valence-corrected chi connectivity index (χ1v) is 6.18. The van der Waals surface area contributed by atoms with Crippen molar-refractivity contribution in [3.05, 3.63) is 0 Å². The third-order valence-corrected chi connectivity index (χ3v) is 4.21. The number of carboxylic acid groups (broad SMARTS) is 1. The average Bonchev–Trinajstić information content (AvgIpc) is 2.23. The van der Waals surface area contributed by atoms with Gasteiger partial charge in [-0.2, -0.15) is 0 Å². The van der Waals surface area contributed by atoms with Gasteiger partial charge in [0.25, 0.3) is 0 Å². The zero-order chi connectivity index (χ0) is 10.7. The third kappa shape index (κ3) is 2.33. The molecule has 1 atom stereocenters. The molecule has 86 valence electrons. The predicted octanol–water partition coefficient (Wildman–Crippen LogP) is 2.16. The van der Waals surface area contributed by atoms with Crippen molar-refractivity contribution in [2.24, 2.45) is 5.41 Å². The van der Waals surface area contributed by atoms with Crippen molar-refractivity contribution < 1.29 is 9.90 Å². The molecule has 0 bridgehead atoms. The van der Waals surface area contributed by atoms with E-state index in [1.165, 1.54) is 44.9 Å². The van der Waals surface area contributed by atoms with Gasteiger partial charge in [0.1, 0.15) is 0 Å². The number of carboxylic acids is 1. The van der Waals surface area contributed by atoms with Crippen LogP contribution in [0.1, 0.15) is 51.4 Å². The van der Waals surface area contributed by atoms with E-state index in [1.54, 1.807) is 0 Å². The van der Waals surface area contributed by atoms with Crippen LogP contribution in [-0.2, 0) is 4.79 Å². The van der Waals surface area contributed by atoms with Crippen LogP contribution in [0.4, 0.5) is 0 Å². The van der Waals surface area contributed by atoms with E-state index in [9.17, 15) is 4.79 Å². The van der Waals surface area contributed by atoms with Crippen LogP contribution in [-0.4, -0.2) is 23.7 Å². The number of hydrogen-bond donors (Lipinski definition) is 2. The van der Waals surface area contributed by atoms with E-state index < -0.39 is 5.97 Å². The summed E-state index contributed by atoms with van der Waals surface area (Å²) in [6.45, 7) is 1.000. The zero-order valence-electron chi connectivity index (χ0n) is 9.30. The molecule has 1 saturated carbocycles. The molecule has 1 heterocycles. The summed E-state index contributed by atoms with van der Waals surface area (Å²) >= 11 is 0. The van der Waals surface area contributed by atoms with E-state index in [0.717, 1.165) is 6.54 Å². The highest BCUT2D eigenvalue weighted by Crippen LogP contribution is 2.45. The Bertz CT molecular complexity index is 226. The Hall–Kier alpha value is -0.570. The topological polar surface area (TPSA) is 49.3 Å². The maximum atomic E-state index is 10.9. The normalized spacial score (nSPS) is 30.3. The van der Waals surface area contributed by atoms with Gasteiger partial charge in [0, 0.05) is 6.04 Å². The smallest absolute Gasteiger partial charge is 0.304 e. The minimum absolute atomic E-state index is 0.226. The summed E-state index contributed by atoms with van der Waals surface area (Å²) in [6.07, 6.45) is 9.14. The summed E-state index contributed by atoms with van der Waals surface area (Å²) < 4.78 is 0. The standard InChI is InChI=1S/C12H21NO2/c14-11(15)9-10-12(7-4-8-13-10)5-2-1-3-6-12/h10,13H,1-9H2,(H,14,15)/t10-/m0/s1. The number of hydrogen-bond acceptors (Lipinski definition) is 2. The Morgan fingerprint density at radius 2 is 1.87 bits per heavy atom. The van der Waals surface area contributed by atoms with E-state index in [1.807, 2.05) is 0 Å². The summed E-state index contributed by atoms with van der Waals surface area (Å²) in [6, 6.07) is 0.226. The maximum absolute atomic E-state index is 10.9. The highest BCUT2D eigenvalue weighted by atomic mass is 16.4. The zero-order valence-corrected chi connectivity index (χ0v) is 9.30. The van der Waals surface area contributed by atoms with Crippen molar-refractivity contribution in [1.29, 1.82) is 0 Å². The van der Waals surface area contributed by atoms with Crippen molar-refractivity contribution >= 4 is 5.97 Å². The summed E-state index contributed by atoms with van der Waals surface area (Å²) in [7, 11) is 0. The van der Waals surface area contributed by atoms with Crippen molar-refractivity contribution in [3.63, 3.8) is 0 Å². The van der Waals surface area contributed by atoms with Crippen LogP contribution in [0.5, 0.6) is 0 Å². The number of piperidine rings is 1. The minimum atomic E-state index is -0.653. The molecular formula is C12H21NO2. The van der Waals surface area contributed by atoms with E-state index in [-0.39, 0.29) is 6.04 Å². The highest BCUT2D eigenvalue weighted by Gasteiger charge is 2.41. The molecule has 2 fully saturated rings. The lowest BCUT2D eigenvalue weighted by atomic mass is 9.64. The molecule has 0 aromatic rings. The summed E-state index contributed by atoms with van der Waals surface area (Å²) in [5.41, 5.74) is 0.314. The molecule has 0 unspecified atom stereocenters. The van der Waals surface area contributed by atoms with Gasteiger partial charge in [0.15, 0.2) is 0 Å². The molecule has 1 spiro atoms. The second kappa shape index (κ2) is 4.52. The Labute approximate surface area is 91.2 Å². The van der Waals surface area contributed by atoms with E-state index in [2.05, 4.69) is 5.32 Å². The van der Waals surface area contributed by atoms with Crippen LogP contribution >= 0.6 is 0 Å². The van der Waals surface area contributed by atoms with Crippen LogP contribution in [0.3, 0.4) is 0 Å². The summed E-state index contributed by atoms with van der Waals surface area (Å²) in [4.78, 5) is 10.9. The van der Waals surface area contributed by atoms with Crippen LogP contribution in [0.2, 0.25) is 0 Å². The van der Waals surface area contributed by atoms with Gasteiger partial charge in [-0.15, -0.1) is 0 Å². The monoisotopic (exact) mass is 211 g/mol. The Kier molecular flexibility index (Phi) is 3.29. The van der Waals surface area contributed by atoms with Crippen molar-refractivity contribution in [1.82, 2.24) is 5.32 Å². The third-order valence-electron chi connectivity index (χ3n) is 4.21. The first-order valence-electron chi connectivity index (χ1n) is 6.18. The molecule has 1 aliphatic heterocycles. The van der Waals surface area contributed by atoms with Gasteiger partial charge in [0.05, 0.1) is 6.42 Å². The minimum Gasteiger partial charge on any atom is -0.481 e. The lowest BCUT2D eigenvalue weighted by Crippen LogP contribution is -2.51. The Morgan fingerprint density at radius 3 is 2.53 bits per heavy atom. The average molecular weight is 211 g/mol. The fraction of sp³-hybridized carbons (Fsp3) is 0.917. The van der Waals surface area contributed by atoms with Crippen molar-refractivity contribution in [3.8, 4) is 0 Å². The molecule has 15 heavy (non-hydrogen) atoms. The van der Waals surface area contributed by atoms with Crippen LogP contribution in [0.15, 0.2) is 0 Å². The first kappa shape index (κ1) is 10.9. The van der Waals surface area contributed by atoms with Crippen molar-refractivity contribution in [2.75, 3.05) is 6.54 Å². The summed E-state index contributed by atoms with van der Waals surface area (Å²) in [5.74, 6) is -0.653. The summed E-state index contributed by atoms with van der Waals surface area (Å²) in [5, 5.41) is 12.4. The highest BCUT2D eigenvalue weighted by molar-refractivity contribution is 5.67. The van der Waals surface area contributed by atoms with E-state index in [0.29, 0.717) is 11.8 Å². The molecule has 2 N–H and O–H groups in total. The fourth-order valence-corrected chi connectivity index (χ4v) is 3.43. The lowest BCUT2D eigenvalue weighted by Gasteiger charge is -2.47. The molecule has 0 radical (unpaired) electrons. The largest absolute Gasteiger partial charge is 0.481 e. The molecule has 0 amide bonds. The quantitative estimate of drug-likeness (QED) is 0.736. The van der Waals surface area contributed by atoms with Gasteiger partial charge in [-0.1, -0.05) is 19.3 Å². The van der Waals surface area contributed by atoms with Gasteiger partial charge in [-0.25, -0.2) is 0 Å². The SMILES string of the molecule is O=C(O)C[C@@H]1NCCCC12CCCCC2. The van der Waals surface area contributed by atoms with Crippen LogP contribution in [0, 0.1) is 5.41 Å².